The van der Waals surface area contributed by atoms with E-state index < -0.39 is 0 Å². The van der Waals surface area contributed by atoms with E-state index in [1.807, 2.05) is 29.2 Å². The maximum Gasteiger partial charge on any atom is 0.258 e. The van der Waals surface area contributed by atoms with E-state index in [1.54, 1.807) is 0 Å². The fourth-order valence-corrected chi connectivity index (χ4v) is 3.36. The number of rotatable bonds is 2. The standard InChI is InChI=1S/C19H20N2O/c1-12-7-10-15(13(2)11-12)18-20-17-6-4-3-5-16(17)19(22)21(18)14-8-9-14/h3-7,10-11,14,18,20H,8-9H2,1-2H3/t18-/m1/s1. The number of para-hydroxylation sites is 1. The Morgan fingerprint density at radius 1 is 1.09 bits per heavy atom. The van der Waals surface area contributed by atoms with Crippen molar-refractivity contribution in [1.29, 1.82) is 0 Å². The lowest BCUT2D eigenvalue weighted by Crippen LogP contribution is -2.44. The van der Waals surface area contributed by atoms with Crippen molar-refractivity contribution in [2.75, 3.05) is 5.32 Å². The Hall–Kier alpha value is -2.29. The van der Waals surface area contributed by atoms with Crippen LogP contribution in [-0.2, 0) is 0 Å². The van der Waals surface area contributed by atoms with Gasteiger partial charge < -0.3 is 10.2 Å². The van der Waals surface area contributed by atoms with Crippen molar-refractivity contribution in [3.63, 3.8) is 0 Å². The Kier molecular flexibility index (Phi) is 2.96. The summed E-state index contributed by atoms with van der Waals surface area (Å²) < 4.78 is 0. The first kappa shape index (κ1) is 13.4. The van der Waals surface area contributed by atoms with Crippen LogP contribution in [-0.4, -0.2) is 16.8 Å². The molecule has 3 nitrogen and oxygen atoms in total. The maximum absolute atomic E-state index is 12.9. The van der Waals surface area contributed by atoms with E-state index in [2.05, 4.69) is 37.4 Å². The van der Waals surface area contributed by atoms with Gasteiger partial charge in [0, 0.05) is 11.7 Å². The minimum atomic E-state index is -0.0597. The summed E-state index contributed by atoms with van der Waals surface area (Å²) in [7, 11) is 0. The Morgan fingerprint density at radius 2 is 1.86 bits per heavy atom. The Balaban J connectivity index is 1.82. The zero-order valence-electron chi connectivity index (χ0n) is 13.0. The van der Waals surface area contributed by atoms with Gasteiger partial charge in [0.2, 0.25) is 0 Å². The number of amides is 1. The van der Waals surface area contributed by atoms with Crippen LogP contribution in [0.2, 0.25) is 0 Å². The summed E-state index contributed by atoms with van der Waals surface area (Å²) in [5.74, 6) is 0.154. The summed E-state index contributed by atoms with van der Waals surface area (Å²) >= 11 is 0. The van der Waals surface area contributed by atoms with Gasteiger partial charge in [-0.1, -0.05) is 35.9 Å². The largest absolute Gasteiger partial charge is 0.361 e. The van der Waals surface area contributed by atoms with Gasteiger partial charge in [-0.3, -0.25) is 4.79 Å². The quantitative estimate of drug-likeness (QED) is 0.906. The number of fused-ring (bicyclic) bond motifs is 1. The molecule has 1 atom stereocenters. The molecule has 2 aromatic carbocycles. The first-order chi connectivity index (χ1) is 10.6. The highest BCUT2D eigenvalue weighted by Crippen LogP contribution is 2.41. The van der Waals surface area contributed by atoms with Crippen LogP contribution in [0, 0.1) is 13.8 Å². The smallest absolute Gasteiger partial charge is 0.258 e. The number of nitrogens with zero attached hydrogens (tertiary/aromatic N) is 1. The molecule has 0 radical (unpaired) electrons. The lowest BCUT2D eigenvalue weighted by atomic mass is 9.98. The van der Waals surface area contributed by atoms with E-state index in [-0.39, 0.29) is 12.1 Å². The number of carbonyl (C=O) groups excluding carboxylic acids is 1. The van der Waals surface area contributed by atoms with Crippen molar-refractivity contribution < 1.29 is 4.79 Å². The number of benzene rings is 2. The predicted molar refractivity (Wildman–Crippen MR) is 87.9 cm³/mol. The molecular formula is C19H20N2O. The van der Waals surface area contributed by atoms with Gasteiger partial charge in [0.25, 0.3) is 5.91 Å². The molecule has 3 heteroatoms. The molecule has 0 bridgehead atoms. The molecule has 1 aliphatic heterocycles. The van der Waals surface area contributed by atoms with Gasteiger partial charge in [-0.2, -0.15) is 0 Å². The molecule has 0 aromatic heterocycles. The summed E-state index contributed by atoms with van der Waals surface area (Å²) in [6.45, 7) is 4.23. The highest BCUT2D eigenvalue weighted by Gasteiger charge is 2.42. The second-order valence-electron chi connectivity index (χ2n) is 6.40. The number of anilines is 1. The summed E-state index contributed by atoms with van der Waals surface area (Å²) in [6, 6.07) is 14.7. The summed E-state index contributed by atoms with van der Waals surface area (Å²) in [6.07, 6.45) is 2.16. The van der Waals surface area contributed by atoms with Gasteiger partial charge in [-0.05, 0) is 49.9 Å². The molecule has 1 aliphatic carbocycles. The highest BCUT2D eigenvalue weighted by atomic mass is 16.2. The van der Waals surface area contributed by atoms with Gasteiger partial charge in [0.1, 0.15) is 6.17 Å². The second-order valence-corrected chi connectivity index (χ2v) is 6.40. The summed E-state index contributed by atoms with van der Waals surface area (Å²) in [5, 5.41) is 3.58. The van der Waals surface area contributed by atoms with E-state index in [0.717, 1.165) is 24.1 Å². The van der Waals surface area contributed by atoms with Crippen LogP contribution >= 0.6 is 0 Å². The first-order valence-electron chi connectivity index (χ1n) is 7.90. The van der Waals surface area contributed by atoms with Crippen LogP contribution in [0.25, 0.3) is 0 Å². The molecule has 1 N–H and O–H groups in total. The number of nitrogens with one attached hydrogen (secondary N) is 1. The van der Waals surface area contributed by atoms with E-state index in [4.69, 9.17) is 0 Å². The van der Waals surface area contributed by atoms with Crippen molar-refractivity contribution in [2.45, 2.75) is 38.9 Å². The number of hydrogen-bond donors (Lipinski definition) is 1. The molecule has 1 amide bonds. The minimum absolute atomic E-state index is 0.0597. The predicted octanol–water partition coefficient (Wildman–Crippen LogP) is 4.03. The van der Waals surface area contributed by atoms with Crippen LogP contribution < -0.4 is 5.32 Å². The third-order valence-corrected chi connectivity index (χ3v) is 4.62. The van der Waals surface area contributed by atoms with Gasteiger partial charge in [-0.15, -0.1) is 0 Å². The van der Waals surface area contributed by atoms with Crippen molar-refractivity contribution in [3.8, 4) is 0 Å². The fraction of sp³-hybridized carbons (Fsp3) is 0.316. The highest BCUT2D eigenvalue weighted by molar-refractivity contribution is 6.02. The Labute approximate surface area is 131 Å². The monoisotopic (exact) mass is 292 g/mol. The third kappa shape index (κ3) is 2.08. The van der Waals surface area contributed by atoms with Crippen LogP contribution in [0.4, 0.5) is 5.69 Å². The van der Waals surface area contributed by atoms with E-state index >= 15 is 0 Å². The maximum atomic E-state index is 12.9. The molecule has 2 aromatic rings. The van der Waals surface area contributed by atoms with Gasteiger partial charge >= 0.3 is 0 Å². The van der Waals surface area contributed by atoms with Crippen LogP contribution in [0.3, 0.4) is 0 Å². The minimum Gasteiger partial charge on any atom is -0.361 e. The molecule has 0 saturated heterocycles. The summed E-state index contributed by atoms with van der Waals surface area (Å²) in [5.41, 5.74) is 5.40. The molecule has 0 unspecified atom stereocenters. The molecular weight excluding hydrogens is 272 g/mol. The van der Waals surface area contributed by atoms with Crippen molar-refractivity contribution in [2.24, 2.45) is 0 Å². The van der Waals surface area contributed by atoms with Crippen molar-refractivity contribution in [3.05, 3.63) is 64.7 Å². The normalized spacial score (nSPS) is 20.5. The third-order valence-electron chi connectivity index (χ3n) is 4.62. The van der Waals surface area contributed by atoms with Crippen molar-refractivity contribution >= 4 is 11.6 Å². The lowest BCUT2D eigenvalue weighted by molar-refractivity contribution is 0.0666. The lowest BCUT2D eigenvalue weighted by Gasteiger charge is -2.39. The number of hydrogen-bond acceptors (Lipinski definition) is 2. The Bertz CT molecular complexity index is 749. The molecule has 1 heterocycles. The average molecular weight is 292 g/mol. The van der Waals surface area contributed by atoms with Crippen LogP contribution in [0.1, 0.15) is 46.1 Å². The van der Waals surface area contributed by atoms with Crippen LogP contribution in [0.5, 0.6) is 0 Å². The summed E-state index contributed by atoms with van der Waals surface area (Å²) in [4.78, 5) is 15.0. The zero-order chi connectivity index (χ0) is 15.3. The van der Waals surface area contributed by atoms with Crippen LogP contribution in [0.15, 0.2) is 42.5 Å². The Morgan fingerprint density at radius 3 is 2.59 bits per heavy atom. The van der Waals surface area contributed by atoms with E-state index in [9.17, 15) is 4.79 Å². The van der Waals surface area contributed by atoms with Gasteiger partial charge in [0.15, 0.2) is 0 Å². The molecule has 0 spiro atoms. The molecule has 4 rings (SSSR count). The molecule has 22 heavy (non-hydrogen) atoms. The average Bonchev–Trinajstić information content (AvgIpc) is 3.32. The van der Waals surface area contributed by atoms with Crippen molar-refractivity contribution in [1.82, 2.24) is 4.90 Å². The fourth-order valence-electron chi connectivity index (χ4n) is 3.36. The van der Waals surface area contributed by atoms with Gasteiger partial charge in [0.05, 0.1) is 5.56 Å². The van der Waals surface area contributed by atoms with Gasteiger partial charge in [-0.25, -0.2) is 0 Å². The number of carbonyl (C=O) groups is 1. The molecule has 1 fully saturated rings. The molecule has 112 valence electrons. The van der Waals surface area contributed by atoms with E-state index in [0.29, 0.717) is 6.04 Å². The SMILES string of the molecule is Cc1ccc([C@@H]2Nc3ccccc3C(=O)N2C2CC2)c(C)c1. The molecule has 1 saturated carbocycles. The second kappa shape index (κ2) is 4.87. The molecule has 2 aliphatic rings. The van der Waals surface area contributed by atoms with E-state index in [1.165, 1.54) is 16.7 Å². The zero-order valence-corrected chi connectivity index (χ0v) is 13.0. The topological polar surface area (TPSA) is 32.3 Å². The number of aryl methyl sites for hydroxylation is 2. The first-order valence-corrected chi connectivity index (χ1v) is 7.90.